The van der Waals surface area contributed by atoms with Crippen molar-refractivity contribution in [2.24, 2.45) is 5.92 Å². The van der Waals surface area contributed by atoms with Crippen molar-refractivity contribution < 1.29 is 22.7 Å². The number of nitriles is 1. The first-order chi connectivity index (χ1) is 10.3. The predicted molar refractivity (Wildman–Crippen MR) is 78.1 cm³/mol. The standard InChI is InChI=1S/C15H15NO5S/c1-3-21-15(18)14(11(2)17)9-13(10-16)22(19,20)12-7-5-4-6-8-12/h4-9,14H,3H2,1-2H3. The molecule has 0 saturated heterocycles. The number of hydrogen-bond donors (Lipinski definition) is 0. The molecule has 0 spiro atoms. The Kier molecular flexibility index (Phi) is 6.01. The summed E-state index contributed by atoms with van der Waals surface area (Å²) in [4.78, 5) is 22.5. The fourth-order valence-electron chi connectivity index (χ4n) is 1.65. The number of sulfone groups is 1. The van der Waals surface area contributed by atoms with Crippen LogP contribution in [0.3, 0.4) is 0 Å². The Balaban J connectivity index is 3.32. The molecule has 1 unspecified atom stereocenters. The van der Waals surface area contributed by atoms with Crippen LogP contribution >= 0.6 is 0 Å². The molecule has 0 N–H and O–H groups in total. The van der Waals surface area contributed by atoms with E-state index in [0.717, 1.165) is 13.0 Å². The van der Waals surface area contributed by atoms with Gasteiger partial charge in [-0.2, -0.15) is 5.26 Å². The van der Waals surface area contributed by atoms with Gasteiger partial charge in [0.25, 0.3) is 0 Å². The first kappa shape index (κ1) is 17.6. The summed E-state index contributed by atoms with van der Waals surface area (Å²) in [6, 6.07) is 8.84. The number of allylic oxidation sites excluding steroid dienone is 1. The number of benzene rings is 1. The molecule has 0 heterocycles. The summed E-state index contributed by atoms with van der Waals surface area (Å²) in [6.07, 6.45) is 0.836. The van der Waals surface area contributed by atoms with Crippen LogP contribution in [0.4, 0.5) is 0 Å². The summed E-state index contributed by atoms with van der Waals surface area (Å²) in [5.74, 6) is -2.91. The number of carbonyl (C=O) groups excluding carboxylic acids is 2. The maximum atomic E-state index is 12.3. The highest BCUT2D eigenvalue weighted by molar-refractivity contribution is 7.95. The van der Waals surface area contributed by atoms with Crippen LogP contribution in [0.15, 0.2) is 46.2 Å². The maximum absolute atomic E-state index is 12.3. The van der Waals surface area contributed by atoms with Gasteiger partial charge >= 0.3 is 5.97 Å². The monoisotopic (exact) mass is 321 g/mol. The number of nitrogens with zero attached hydrogens (tertiary/aromatic N) is 1. The lowest BCUT2D eigenvalue weighted by molar-refractivity contribution is -0.149. The lowest BCUT2D eigenvalue weighted by Gasteiger charge is -2.09. The van der Waals surface area contributed by atoms with Crippen molar-refractivity contribution in [3.8, 4) is 6.07 Å². The molecule has 0 saturated carbocycles. The minimum Gasteiger partial charge on any atom is -0.465 e. The maximum Gasteiger partial charge on any atom is 0.320 e. The molecule has 6 nitrogen and oxygen atoms in total. The van der Waals surface area contributed by atoms with Crippen LogP contribution in [0.1, 0.15) is 13.8 Å². The minimum absolute atomic E-state index is 0.0454. The molecule has 0 amide bonds. The number of rotatable bonds is 6. The molecule has 0 radical (unpaired) electrons. The molecular formula is C15H15NO5S. The van der Waals surface area contributed by atoms with Gasteiger partial charge in [0, 0.05) is 0 Å². The molecule has 0 aliphatic carbocycles. The fraction of sp³-hybridized carbons (Fsp3) is 0.267. The first-order valence-electron chi connectivity index (χ1n) is 6.43. The zero-order valence-corrected chi connectivity index (χ0v) is 13.0. The second-order valence-corrected chi connectivity index (χ2v) is 6.22. The second-order valence-electron chi connectivity index (χ2n) is 4.30. The SMILES string of the molecule is CCOC(=O)C(C=C(C#N)S(=O)(=O)c1ccccc1)C(C)=O. The molecule has 22 heavy (non-hydrogen) atoms. The Hall–Kier alpha value is -2.46. The molecule has 1 aromatic carbocycles. The molecule has 0 aliphatic heterocycles. The quantitative estimate of drug-likeness (QED) is 0.448. The van der Waals surface area contributed by atoms with Crippen LogP contribution in [0, 0.1) is 17.2 Å². The van der Waals surface area contributed by atoms with Crippen LogP contribution in [-0.2, 0) is 24.2 Å². The second kappa shape index (κ2) is 7.52. The van der Waals surface area contributed by atoms with Crippen molar-refractivity contribution >= 4 is 21.6 Å². The van der Waals surface area contributed by atoms with E-state index in [0.29, 0.717) is 0 Å². The van der Waals surface area contributed by atoms with Crippen molar-refractivity contribution in [3.63, 3.8) is 0 Å². The molecule has 1 rings (SSSR count). The fourth-order valence-corrected chi connectivity index (χ4v) is 2.85. The van der Waals surface area contributed by atoms with Gasteiger partial charge in [-0.25, -0.2) is 8.42 Å². The molecular weight excluding hydrogens is 306 g/mol. The number of carbonyl (C=O) groups is 2. The third-order valence-corrected chi connectivity index (χ3v) is 4.45. The molecule has 0 aromatic heterocycles. The van der Waals surface area contributed by atoms with E-state index < -0.39 is 32.4 Å². The van der Waals surface area contributed by atoms with Gasteiger partial charge in [-0.05, 0) is 32.1 Å². The van der Waals surface area contributed by atoms with Crippen molar-refractivity contribution in [2.45, 2.75) is 18.7 Å². The molecule has 0 aliphatic rings. The van der Waals surface area contributed by atoms with Crippen LogP contribution in [0.2, 0.25) is 0 Å². The zero-order valence-electron chi connectivity index (χ0n) is 12.1. The average Bonchev–Trinajstić information content (AvgIpc) is 2.48. The lowest BCUT2D eigenvalue weighted by atomic mass is 10.1. The van der Waals surface area contributed by atoms with Crippen molar-refractivity contribution in [3.05, 3.63) is 41.3 Å². The normalized spacial score (nSPS) is 13.0. The smallest absolute Gasteiger partial charge is 0.320 e. The summed E-state index contributed by atoms with van der Waals surface area (Å²) in [7, 11) is -4.09. The summed E-state index contributed by atoms with van der Waals surface area (Å²) in [5, 5.41) is 9.10. The largest absolute Gasteiger partial charge is 0.465 e. The van der Waals surface area contributed by atoms with Gasteiger partial charge in [-0.1, -0.05) is 18.2 Å². The number of esters is 1. The number of Topliss-reactive ketones (excluding diaryl/α,β-unsaturated/α-hetero) is 1. The summed E-state index contributed by atoms with van der Waals surface area (Å²) in [5.41, 5.74) is 0. The van der Waals surface area contributed by atoms with E-state index in [2.05, 4.69) is 0 Å². The van der Waals surface area contributed by atoms with E-state index in [1.165, 1.54) is 30.3 Å². The van der Waals surface area contributed by atoms with E-state index >= 15 is 0 Å². The highest BCUT2D eigenvalue weighted by atomic mass is 32.2. The molecule has 1 aromatic rings. The van der Waals surface area contributed by atoms with E-state index in [1.807, 2.05) is 0 Å². The van der Waals surface area contributed by atoms with E-state index in [-0.39, 0.29) is 11.5 Å². The Labute approximate surface area is 128 Å². The molecule has 0 fully saturated rings. The van der Waals surface area contributed by atoms with E-state index in [9.17, 15) is 18.0 Å². The van der Waals surface area contributed by atoms with E-state index in [1.54, 1.807) is 13.0 Å². The van der Waals surface area contributed by atoms with Gasteiger partial charge in [-0.3, -0.25) is 9.59 Å². The topological polar surface area (TPSA) is 101 Å². The van der Waals surface area contributed by atoms with Gasteiger partial charge in [0.2, 0.25) is 9.84 Å². The molecule has 1 atom stereocenters. The molecule has 7 heteroatoms. The van der Waals surface area contributed by atoms with Gasteiger partial charge in [0.1, 0.15) is 22.7 Å². The highest BCUT2D eigenvalue weighted by Gasteiger charge is 2.28. The number of hydrogen-bond acceptors (Lipinski definition) is 6. The summed E-state index contributed by atoms with van der Waals surface area (Å²) < 4.78 is 29.4. The number of ketones is 1. The molecule has 116 valence electrons. The van der Waals surface area contributed by atoms with E-state index in [4.69, 9.17) is 10.00 Å². The van der Waals surface area contributed by atoms with Crippen molar-refractivity contribution in [1.29, 1.82) is 5.26 Å². The first-order valence-corrected chi connectivity index (χ1v) is 7.92. The lowest BCUT2D eigenvalue weighted by Crippen LogP contribution is -2.23. The Morgan fingerprint density at radius 3 is 2.36 bits per heavy atom. The van der Waals surface area contributed by atoms with Crippen molar-refractivity contribution in [2.75, 3.05) is 6.61 Å². The van der Waals surface area contributed by atoms with Gasteiger partial charge < -0.3 is 4.74 Å². The average molecular weight is 321 g/mol. The highest BCUT2D eigenvalue weighted by Crippen LogP contribution is 2.20. The van der Waals surface area contributed by atoms with Crippen LogP contribution in [0.5, 0.6) is 0 Å². The third kappa shape index (κ3) is 4.02. The Morgan fingerprint density at radius 2 is 1.91 bits per heavy atom. The number of ether oxygens (including phenoxy) is 1. The van der Waals surface area contributed by atoms with Gasteiger partial charge in [-0.15, -0.1) is 0 Å². The van der Waals surface area contributed by atoms with Gasteiger partial charge in [0.15, 0.2) is 0 Å². The van der Waals surface area contributed by atoms with Crippen LogP contribution in [0.25, 0.3) is 0 Å². The summed E-state index contributed by atoms with van der Waals surface area (Å²) in [6.45, 7) is 2.73. The van der Waals surface area contributed by atoms with Crippen molar-refractivity contribution in [1.82, 2.24) is 0 Å². The van der Waals surface area contributed by atoms with Gasteiger partial charge in [0.05, 0.1) is 11.5 Å². The Morgan fingerprint density at radius 1 is 1.32 bits per heavy atom. The molecule has 0 bridgehead atoms. The minimum atomic E-state index is -4.09. The Bertz CT molecular complexity index is 729. The van der Waals surface area contributed by atoms with Crippen LogP contribution in [-0.4, -0.2) is 26.8 Å². The van der Waals surface area contributed by atoms with Crippen LogP contribution < -0.4 is 0 Å². The zero-order chi connectivity index (χ0) is 16.8. The summed E-state index contributed by atoms with van der Waals surface area (Å²) >= 11 is 0. The predicted octanol–water partition coefficient (Wildman–Crippen LogP) is 1.64. The third-order valence-electron chi connectivity index (χ3n) is 2.75.